The Labute approximate surface area is 301 Å². The third-order valence-corrected chi connectivity index (χ3v) is 10.1. The number of nitrogens with zero attached hydrogens (tertiary/aromatic N) is 3. The lowest BCUT2D eigenvalue weighted by Gasteiger charge is -2.15. The molecule has 52 heavy (non-hydrogen) atoms. The fraction of sp³-hybridized carbons (Fsp3) is 0. The van der Waals surface area contributed by atoms with Gasteiger partial charge in [0.05, 0.1) is 11.4 Å². The first kappa shape index (κ1) is 29.9. The molecule has 3 nitrogen and oxygen atoms in total. The summed E-state index contributed by atoms with van der Waals surface area (Å²) >= 11 is 0. The molecule has 0 saturated heterocycles. The summed E-state index contributed by atoms with van der Waals surface area (Å²) in [4.78, 5) is 14.9. The molecule has 8 aromatic carbocycles. The minimum absolute atomic E-state index is 0.699. The van der Waals surface area contributed by atoms with E-state index in [0.29, 0.717) is 5.82 Å². The summed E-state index contributed by atoms with van der Waals surface area (Å²) in [6, 6.07) is 62.4. The largest absolute Gasteiger partial charge is 0.264 e. The van der Waals surface area contributed by atoms with Gasteiger partial charge < -0.3 is 0 Å². The molecular weight excluding hydrogens is 631 g/mol. The van der Waals surface area contributed by atoms with Crippen molar-refractivity contribution in [1.29, 1.82) is 0 Å². The summed E-state index contributed by atoms with van der Waals surface area (Å²) in [7, 11) is 0. The van der Waals surface area contributed by atoms with Gasteiger partial charge in [0, 0.05) is 34.5 Å². The van der Waals surface area contributed by atoms with Crippen LogP contribution in [0.2, 0.25) is 0 Å². The lowest BCUT2D eigenvalue weighted by Crippen LogP contribution is -1.96. The summed E-state index contributed by atoms with van der Waals surface area (Å²) in [6.07, 6.45) is 3.86. The Balaban J connectivity index is 1.15. The first-order chi connectivity index (χ1) is 25.7. The summed E-state index contributed by atoms with van der Waals surface area (Å²) in [5, 5.41) is 9.62. The Hall–Kier alpha value is -6.97. The van der Waals surface area contributed by atoms with Gasteiger partial charge in [0.15, 0.2) is 5.82 Å². The molecule has 10 rings (SSSR count). The van der Waals surface area contributed by atoms with Gasteiger partial charge in [-0.15, -0.1) is 0 Å². The van der Waals surface area contributed by atoms with Crippen LogP contribution in [0.5, 0.6) is 0 Å². The highest BCUT2D eigenvalue weighted by Crippen LogP contribution is 2.40. The molecular formula is C49H31N3. The number of rotatable bonds is 5. The molecule has 3 heteroatoms. The van der Waals surface area contributed by atoms with Gasteiger partial charge in [0.2, 0.25) is 0 Å². The van der Waals surface area contributed by atoms with E-state index in [1.54, 1.807) is 0 Å². The van der Waals surface area contributed by atoms with Crippen molar-refractivity contribution in [1.82, 2.24) is 15.0 Å². The maximum atomic E-state index is 5.24. The van der Waals surface area contributed by atoms with Crippen molar-refractivity contribution in [2.45, 2.75) is 0 Å². The van der Waals surface area contributed by atoms with Crippen molar-refractivity contribution >= 4 is 43.1 Å². The molecule has 0 N–H and O–H groups in total. The Morgan fingerprint density at radius 2 is 0.962 bits per heavy atom. The highest BCUT2D eigenvalue weighted by molar-refractivity contribution is 6.23. The zero-order chi connectivity index (χ0) is 34.4. The molecule has 2 heterocycles. The quantitative estimate of drug-likeness (QED) is 0.172. The molecule has 0 aliphatic carbocycles. The molecule has 0 fully saturated rings. The fourth-order valence-electron chi connectivity index (χ4n) is 7.52. The van der Waals surface area contributed by atoms with Crippen LogP contribution in [0.3, 0.4) is 0 Å². The van der Waals surface area contributed by atoms with Gasteiger partial charge >= 0.3 is 0 Å². The molecule has 0 unspecified atom stereocenters. The summed E-state index contributed by atoms with van der Waals surface area (Å²) in [5.41, 5.74) is 9.48. The molecule has 0 radical (unpaired) electrons. The second-order valence-electron chi connectivity index (χ2n) is 13.3. The Morgan fingerprint density at radius 1 is 0.327 bits per heavy atom. The highest BCUT2D eigenvalue weighted by atomic mass is 14.9. The zero-order valence-corrected chi connectivity index (χ0v) is 28.2. The Kier molecular flexibility index (Phi) is 7.14. The number of pyridine rings is 1. The number of fused-ring (bicyclic) bond motifs is 6. The first-order valence-electron chi connectivity index (χ1n) is 17.6. The SMILES string of the molecule is c1ccc(-c2ccc(-c3cc(-c4cccc(-c5cc6cnccc6c6c5ccc5ccccc56)c4)nc(-c4ccc5ccccc5c4)n3)cc2)cc1. The van der Waals surface area contributed by atoms with Crippen LogP contribution in [0.25, 0.3) is 99.2 Å². The van der Waals surface area contributed by atoms with E-state index in [4.69, 9.17) is 9.97 Å². The lowest BCUT2D eigenvalue weighted by molar-refractivity contribution is 1.18. The van der Waals surface area contributed by atoms with Gasteiger partial charge in [0.1, 0.15) is 0 Å². The third kappa shape index (κ3) is 5.28. The van der Waals surface area contributed by atoms with Gasteiger partial charge in [-0.25, -0.2) is 9.97 Å². The molecule has 0 bridgehead atoms. The molecule has 0 saturated carbocycles. The van der Waals surface area contributed by atoms with E-state index in [9.17, 15) is 0 Å². The monoisotopic (exact) mass is 661 g/mol. The maximum absolute atomic E-state index is 5.24. The zero-order valence-electron chi connectivity index (χ0n) is 28.2. The van der Waals surface area contributed by atoms with E-state index in [-0.39, 0.29) is 0 Å². The van der Waals surface area contributed by atoms with Crippen molar-refractivity contribution in [3.63, 3.8) is 0 Å². The van der Waals surface area contributed by atoms with E-state index < -0.39 is 0 Å². The molecule has 0 aliphatic rings. The van der Waals surface area contributed by atoms with Crippen LogP contribution < -0.4 is 0 Å². The molecule has 0 atom stereocenters. The number of aromatic nitrogens is 3. The fourth-order valence-corrected chi connectivity index (χ4v) is 7.52. The van der Waals surface area contributed by atoms with Crippen molar-refractivity contribution in [3.05, 3.63) is 188 Å². The van der Waals surface area contributed by atoms with E-state index >= 15 is 0 Å². The van der Waals surface area contributed by atoms with Crippen molar-refractivity contribution in [3.8, 4) is 56.2 Å². The van der Waals surface area contributed by atoms with Gasteiger partial charge in [-0.3, -0.25) is 4.98 Å². The lowest BCUT2D eigenvalue weighted by atomic mass is 9.90. The van der Waals surface area contributed by atoms with Crippen molar-refractivity contribution in [2.24, 2.45) is 0 Å². The average molecular weight is 662 g/mol. The van der Waals surface area contributed by atoms with E-state index in [1.807, 2.05) is 18.5 Å². The number of benzene rings is 8. The maximum Gasteiger partial charge on any atom is 0.160 e. The first-order valence-corrected chi connectivity index (χ1v) is 17.6. The predicted octanol–water partition coefficient (Wildman–Crippen LogP) is 12.8. The normalized spacial score (nSPS) is 11.5. The Bertz CT molecular complexity index is 2930. The highest BCUT2D eigenvalue weighted by Gasteiger charge is 2.15. The van der Waals surface area contributed by atoms with Crippen LogP contribution in [0.15, 0.2) is 188 Å². The van der Waals surface area contributed by atoms with Gasteiger partial charge in [-0.2, -0.15) is 0 Å². The molecule has 0 amide bonds. The van der Waals surface area contributed by atoms with Crippen molar-refractivity contribution in [2.75, 3.05) is 0 Å². The van der Waals surface area contributed by atoms with Gasteiger partial charge in [-0.1, -0.05) is 146 Å². The summed E-state index contributed by atoms with van der Waals surface area (Å²) < 4.78 is 0. The minimum Gasteiger partial charge on any atom is -0.264 e. The molecule has 10 aromatic rings. The predicted molar refractivity (Wildman–Crippen MR) is 217 cm³/mol. The average Bonchev–Trinajstić information content (AvgIpc) is 3.23. The topological polar surface area (TPSA) is 38.7 Å². The molecule has 2 aromatic heterocycles. The number of hydrogen-bond acceptors (Lipinski definition) is 3. The van der Waals surface area contributed by atoms with Crippen LogP contribution in [0, 0.1) is 0 Å². The van der Waals surface area contributed by atoms with E-state index in [0.717, 1.165) is 44.4 Å². The standard InChI is InChI=1S/C49H31N3/c1-2-9-32(10-3-1)34-17-20-36(21-18-34)46-30-47(52-49(51-46)40-22-19-33-11-4-5-13-37(33)27-40)39-15-8-14-38(28-39)45-29-41-31-50-26-25-43(41)48-42-16-7-6-12-35(42)23-24-44(45)48/h1-31H. The smallest absolute Gasteiger partial charge is 0.160 e. The van der Waals surface area contributed by atoms with Crippen LogP contribution in [-0.4, -0.2) is 15.0 Å². The van der Waals surface area contributed by atoms with Crippen LogP contribution in [0.4, 0.5) is 0 Å². The molecule has 242 valence electrons. The van der Waals surface area contributed by atoms with Crippen LogP contribution in [0.1, 0.15) is 0 Å². The Morgan fingerprint density at radius 3 is 1.83 bits per heavy atom. The van der Waals surface area contributed by atoms with E-state index in [2.05, 4.69) is 175 Å². The second kappa shape index (κ2) is 12.4. The third-order valence-electron chi connectivity index (χ3n) is 10.1. The van der Waals surface area contributed by atoms with Crippen LogP contribution in [-0.2, 0) is 0 Å². The molecule has 0 aliphatic heterocycles. The molecule has 0 spiro atoms. The second-order valence-corrected chi connectivity index (χ2v) is 13.3. The van der Waals surface area contributed by atoms with Crippen LogP contribution >= 0.6 is 0 Å². The van der Waals surface area contributed by atoms with Gasteiger partial charge in [-0.05, 0) is 90.3 Å². The number of hydrogen-bond donors (Lipinski definition) is 0. The van der Waals surface area contributed by atoms with Gasteiger partial charge in [0.25, 0.3) is 0 Å². The van der Waals surface area contributed by atoms with E-state index in [1.165, 1.54) is 49.0 Å². The minimum atomic E-state index is 0.699. The van der Waals surface area contributed by atoms with Crippen molar-refractivity contribution < 1.29 is 0 Å². The summed E-state index contributed by atoms with van der Waals surface area (Å²) in [6.45, 7) is 0. The summed E-state index contributed by atoms with van der Waals surface area (Å²) in [5.74, 6) is 0.699.